The minimum absolute atomic E-state index is 1.05. The number of hydrogen-bond donors (Lipinski definition) is 1. The molecule has 3 nitrogen and oxygen atoms in total. The minimum atomic E-state index is -3.92. The van der Waals surface area contributed by atoms with Crippen LogP contribution in [0.2, 0.25) is 0 Å². The van der Waals surface area contributed by atoms with E-state index in [1.165, 1.54) is 0 Å². The first-order chi connectivity index (χ1) is 2.94. The van der Waals surface area contributed by atoms with Gasteiger partial charge in [0.2, 0.25) is 4.50 Å². The molecule has 0 atom stereocenters. The lowest BCUT2D eigenvalue weighted by molar-refractivity contribution is 0.619. The molecule has 0 unspecified atom stereocenters. The normalized spacial score (nSPS) is 11.1. The molecule has 0 heterocycles. The van der Waals surface area contributed by atoms with Crippen molar-refractivity contribution in [2.24, 2.45) is 0 Å². The average molecular weight is 162 g/mol. The van der Waals surface area contributed by atoms with Gasteiger partial charge >= 0.3 is 0 Å². The van der Waals surface area contributed by atoms with E-state index in [-0.39, 0.29) is 0 Å². The van der Waals surface area contributed by atoms with Gasteiger partial charge in [0, 0.05) is 10.7 Å². The molecule has 0 saturated heterocycles. The highest BCUT2D eigenvalue weighted by molar-refractivity contribution is 8.27. The Labute approximate surface area is 50.2 Å². The molecule has 0 aromatic heterocycles. The van der Waals surface area contributed by atoms with Gasteiger partial charge in [0.1, 0.15) is 0 Å². The van der Waals surface area contributed by atoms with E-state index in [2.05, 4.69) is 22.3 Å². The fourth-order valence-corrected chi connectivity index (χ4v) is 0. The molecule has 0 bridgehead atoms. The molecule has 1 N–H and O–H groups in total. The summed E-state index contributed by atoms with van der Waals surface area (Å²) in [4.78, 5) is 0. The highest BCUT2D eigenvalue weighted by Crippen LogP contribution is 2.00. The Hall–Kier alpha value is 0.200. The maximum absolute atomic E-state index is 9.74. The molecular weight excluding hydrogens is 161 g/mol. The Morgan fingerprint density at radius 3 is 1.71 bits per heavy atom. The lowest BCUT2D eigenvalue weighted by Crippen LogP contribution is -1.95. The van der Waals surface area contributed by atoms with Crippen molar-refractivity contribution < 1.29 is 8.42 Å². The second-order valence-electron chi connectivity index (χ2n) is 0.712. The topological polar surface area (TPSA) is 58.0 Å². The van der Waals surface area contributed by atoms with E-state index in [1.54, 1.807) is 0 Å². The van der Waals surface area contributed by atoms with E-state index in [4.69, 9.17) is 5.41 Å². The predicted molar refractivity (Wildman–Crippen MR) is 28.4 cm³/mol. The van der Waals surface area contributed by atoms with E-state index in [1.807, 2.05) is 0 Å². The third-order valence-electron chi connectivity index (χ3n) is 0.214. The van der Waals surface area contributed by atoms with Crippen molar-refractivity contribution in [1.82, 2.24) is 0 Å². The highest BCUT2D eigenvalue weighted by Gasteiger charge is 2.08. The van der Waals surface area contributed by atoms with Crippen LogP contribution in [0, 0.1) is 5.41 Å². The summed E-state index contributed by atoms with van der Waals surface area (Å²) in [5.74, 6) is 0. The van der Waals surface area contributed by atoms with Crippen LogP contribution >= 0.6 is 22.3 Å². The Bertz CT molecular complexity index is 170. The van der Waals surface area contributed by atoms with E-state index in [9.17, 15) is 8.42 Å². The van der Waals surface area contributed by atoms with Gasteiger partial charge in [-0.15, -0.1) is 0 Å². The monoisotopic (exact) mass is 161 g/mol. The Kier molecular flexibility index (Phi) is 2.04. The first-order valence-electron chi connectivity index (χ1n) is 1.13. The summed E-state index contributed by atoms with van der Waals surface area (Å²) in [6.45, 7) is 0. The first-order valence-corrected chi connectivity index (χ1v) is 3.82. The van der Waals surface area contributed by atoms with Crippen LogP contribution in [-0.2, 0) is 9.05 Å². The van der Waals surface area contributed by atoms with Gasteiger partial charge in [-0.25, -0.2) is 8.42 Å². The lowest BCUT2D eigenvalue weighted by atomic mass is 11.7. The van der Waals surface area contributed by atoms with E-state index in [0.29, 0.717) is 0 Å². The number of nitrogens with one attached hydrogen (secondary N) is 1. The van der Waals surface area contributed by atoms with Crippen LogP contribution in [0.5, 0.6) is 0 Å². The van der Waals surface area contributed by atoms with Crippen molar-refractivity contribution in [3.63, 3.8) is 0 Å². The van der Waals surface area contributed by atoms with Crippen molar-refractivity contribution in [1.29, 1.82) is 5.41 Å². The summed E-state index contributed by atoms with van der Waals surface area (Å²) in [7, 11) is 0.564. The van der Waals surface area contributed by atoms with Crippen LogP contribution in [0.15, 0.2) is 0 Å². The molecule has 0 amide bonds. The predicted octanol–water partition coefficient (Wildman–Crippen LogP) is 0.729. The molecule has 0 aromatic carbocycles. The highest BCUT2D eigenvalue weighted by atomic mass is 35.7. The second kappa shape index (κ2) is 1.98. The van der Waals surface area contributed by atoms with Gasteiger partial charge in [-0.3, -0.25) is 5.41 Å². The molecule has 0 saturated carbocycles. The molecule has 0 fully saturated rings. The van der Waals surface area contributed by atoms with Crippen LogP contribution < -0.4 is 0 Å². The quantitative estimate of drug-likeness (QED) is 0.324. The molecule has 0 aromatic rings. The maximum Gasteiger partial charge on any atom is 0.289 e. The molecule has 0 aliphatic heterocycles. The summed E-state index contributed by atoms with van der Waals surface area (Å²) in [6, 6.07) is 0. The fraction of sp³-hybridized carbons (Fsp3) is 0. The molecule has 0 aliphatic rings. The number of halogens is 2. The van der Waals surface area contributed by atoms with Crippen LogP contribution in [0.4, 0.5) is 0 Å². The molecule has 42 valence electrons. The van der Waals surface area contributed by atoms with Crippen molar-refractivity contribution in [3.05, 3.63) is 0 Å². The van der Waals surface area contributed by atoms with Crippen LogP contribution in [0.1, 0.15) is 0 Å². The summed E-state index contributed by atoms with van der Waals surface area (Å²) < 4.78 is 18.4. The zero-order valence-electron chi connectivity index (χ0n) is 2.98. The largest absolute Gasteiger partial charge is 0.289 e. The minimum Gasteiger partial charge on any atom is -0.278 e. The van der Waals surface area contributed by atoms with Gasteiger partial charge in [0.05, 0.1) is 0 Å². The first kappa shape index (κ1) is 7.20. The van der Waals surface area contributed by atoms with Gasteiger partial charge in [-0.05, 0) is 11.6 Å². The molecule has 0 spiro atoms. The van der Waals surface area contributed by atoms with E-state index >= 15 is 0 Å². The summed E-state index contributed by atoms with van der Waals surface area (Å²) >= 11 is 4.62. The van der Waals surface area contributed by atoms with Gasteiger partial charge in [0.25, 0.3) is 9.05 Å². The fourth-order valence-electron chi connectivity index (χ4n) is 0. The summed E-state index contributed by atoms with van der Waals surface area (Å²) in [5.41, 5.74) is 0. The smallest absolute Gasteiger partial charge is 0.278 e. The SMILES string of the molecule is N=C(Cl)S(=O)(=O)Cl. The van der Waals surface area contributed by atoms with Gasteiger partial charge in [-0.1, -0.05) is 0 Å². The standard InChI is InChI=1S/CHCl2NO2S/c2-1(4)7(3,5)6/h4H. The van der Waals surface area contributed by atoms with Crippen molar-refractivity contribution in [2.75, 3.05) is 0 Å². The Morgan fingerprint density at radius 1 is 1.57 bits per heavy atom. The number of rotatable bonds is 0. The Morgan fingerprint density at radius 2 is 1.71 bits per heavy atom. The van der Waals surface area contributed by atoms with Crippen LogP contribution in [0.3, 0.4) is 0 Å². The molecule has 0 radical (unpaired) electrons. The van der Waals surface area contributed by atoms with Gasteiger partial charge < -0.3 is 0 Å². The third kappa shape index (κ3) is 2.85. The summed E-state index contributed by atoms with van der Waals surface area (Å²) in [6.07, 6.45) is 0. The van der Waals surface area contributed by atoms with Crippen molar-refractivity contribution in [2.45, 2.75) is 0 Å². The average Bonchev–Trinajstić information content (AvgIpc) is 1.31. The van der Waals surface area contributed by atoms with Crippen molar-refractivity contribution >= 4 is 35.8 Å². The molecule has 6 heteroatoms. The number of hydrogen-bond acceptors (Lipinski definition) is 3. The van der Waals surface area contributed by atoms with E-state index < -0.39 is 13.6 Å². The zero-order chi connectivity index (χ0) is 6.08. The molecular formula is CHCl2NO2S. The Balaban J connectivity index is 4.43. The third-order valence-corrected chi connectivity index (χ3v) is 1.95. The lowest BCUT2D eigenvalue weighted by Gasteiger charge is -1.79. The van der Waals surface area contributed by atoms with Crippen LogP contribution in [-0.4, -0.2) is 12.9 Å². The second-order valence-corrected chi connectivity index (χ2v) is 3.82. The zero-order valence-corrected chi connectivity index (χ0v) is 5.31. The van der Waals surface area contributed by atoms with Gasteiger partial charge in [0.15, 0.2) is 0 Å². The molecule has 7 heavy (non-hydrogen) atoms. The molecule has 0 aliphatic carbocycles. The van der Waals surface area contributed by atoms with Crippen LogP contribution in [0.25, 0.3) is 0 Å². The summed E-state index contributed by atoms with van der Waals surface area (Å²) in [5, 5.41) is 6.19. The van der Waals surface area contributed by atoms with Crippen molar-refractivity contribution in [3.8, 4) is 0 Å². The van der Waals surface area contributed by atoms with E-state index in [0.717, 1.165) is 0 Å². The maximum atomic E-state index is 9.74. The van der Waals surface area contributed by atoms with Gasteiger partial charge in [-0.2, -0.15) is 0 Å². The molecule has 0 rings (SSSR count).